The maximum atomic E-state index is 3.65. The molecule has 1 atom stereocenters. The molecule has 2 heteroatoms. The Bertz CT molecular complexity index is 355. The molecule has 1 unspecified atom stereocenters. The van der Waals surface area contributed by atoms with Gasteiger partial charge in [-0.05, 0) is 45.3 Å². The minimum atomic E-state index is 0.193. The van der Waals surface area contributed by atoms with Crippen LogP contribution in [-0.2, 0) is 0 Å². The van der Waals surface area contributed by atoms with E-state index in [9.17, 15) is 0 Å². The summed E-state index contributed by atoms with van der Waals surface area (Å²) in [4.78, 5) is 2.27. The van der Waals surface area contributed by atoms with E-state index in [0.29, 0.717) is 11.8 Å². The van der Waals surface area contributed by atoms with Crippen molar-refractivity contribution in [2.24, 2.45) is 5.92 Å². The fraction of sp³-hybridized carbons (Fsp3) is 0.647. The Morgan fingerprint density at radius 3 is 2.16 bits per heavy atom. The summed E-state index contributed by atoms with van der Waals surface area (Å²) in [6.45, 7) is 11.2. The van der Waals surface area contributed by atoms with E-state index >= 15 is 0 Å². The third kappa shape index (κ3) is 4.96. The maximum Gasteiger partial charge on any atom is 0.0271 e. The van der Waals surface area contributed by atoms with Crippen molar-refractivity contribution in [1.29, 1.82) is 0 Å². The Morgan fingerprint density at radius 1 is 1.11 bits per heavy atom. The van der Waals surface area contributed by atoms with E-state index < -0.39 is 0 Å². The molecule has 1 rings (SSSR count). The average molecular weight is 262 g/mol. The van der Waals surface area contributed by atoms with Crippen LogP contribution in [0.3, 0.4) is 0 Å². The normalized spacial score (nSPS) is 14.1. The fourth-order valence-corrected chi connectivity index (χ4v) is 2.13. The Kier molecular flexibility index (Phi) is 6.02. The van der Waals surface area contributed by atoms with Gasteiger partial charge in [-0.3, -0.25) is 0 Å². The highest BCUT2D eigenvalue weighted by atomic mass is 15.2. The molecule has 0 bridgehead atoms. The van der Waals surface area contributed by atoms with Crippen LogP contribution in [0.15, 0.2) is 30.3 Å². The maximum absolute atomic E-state index is 3.65. The van der Waals surface area contributed by atoms with Gasteiger partial charge in [0.2, 0.25) is 0 Å². The van der Waals surface area contributed by atoms with Crippen molar-refractivity contribution in [3.63, 3.8) is 0 Å². The van der Waals surface area contributed by atoms with Gasteiger partial charge in [0, 0.05) is 18.6 Å². The minimum Gasteiger partial charge on any atom is -0.314 e. The number of likely N-dealkylation sites (N-methyl/N-ethyl adjacent to an activating group) is 1. The van der Waals surface area contributed by atoms with E-state index in [1.54, 1.807) is 0 Å². The van der Waals surface area contributed by atoms with Gasteiger partial charge < -0.3 is 10.2 Å². The molecule has 0 saturated carbocycles. The largest absolute Gasteiger partial charge is 0.314 e. The van der Waals surface area contributed by atoms with Gasteiger partial charge in [-0.1, -0.05) is 44.2 Å². The van der Waals surface area contributed by atoms with Gasteiger partial charge in [-0.2, -0.15) is 0 Å². The Morgan fingerprint density at radius 2 is 1.68 bits per heavy atom. The molecule has 2 nitrogen and oxygen atoms in total. The standard InChI is InChI=1S/C17H30N2/c1-14(2)16(15-10-8-7-9-11-15)12-18-13-17(3,4)19(5)6/h7-11,14,16,18H,12-13H2,1-6H3. The molecule has 0 heterocycles. The molecule has 0 aromatic heterocycles. The lowest BCUT2D eigenvalue weighted by Crippen LogP contribution is -2.47. The van der Waals surface area contributed by atoms with Crippen molar-refractivity contribution in [1.82, 2.24) is 10.2 Å². The topological polar surface area (TPSA) is 15.3 Å². The molecule has 1 N–H and O–H groups in total. The second-order valence-electron chi connectivity index (χ2n) is 6.60. The molecule has 0 fully saturated rings. The first-order valence-electron chi connectivity index (χ1n) is 7.27. The lowest BCUT2D eigenvalue weighted by molar-refractivity contribution is 0.188. The zero-order valence-electron chi connectivity index (χ0n) is 13.4. The molecule has 1 aromatic carbocycles. The van der Waals surface area contributed by atoms with Crippen LogP contribution in [0.2, 0.25) is 0 Å². The molecule has 108 valence electrons. The highest BCUT2D eigenvalue weighted by Gasteiger charge is 2.21. The number of nitrogens with zero attached hydrogens (tertiary/aromatic N) is 1. The summed E-state index contributed by atoms with van der Waals surface area (Å²) in [5, 5.41) is 3.65. The number of benzene rings is 1. The molecule has 0 aliphatic heterocycles. The summed E-state index contributed by atoms with van der Waals surface area (Å²) in [6, 6.07) is 10.8. The van der Waals surface area contributed by atoms with Gasteiger partial charge in [0.15, 0.2) is 0 Å². The molecule has 19 heavy (non-hydrogen) atoms. The van der Waals surface area contributed by atoms with E-state index in [-0.39, 0.29) is 5.54 Å². The zero-order valence-corrected chi connectivity index (χ0v) is 13.4. The summed E-state index contributed by atoms with van der Waals surface area (Å²) < 4.78 is 0. The lowest BCUT2D eigenvalue weighted by atomic mass is 9.88. The molecule has 0 saturated heterocycles. The van der Waals surface area contributed by atoms with Crippen LogP contribution < -0.4 is 5.32 Å². The predicted octanol–water partition coefficient (Wildman–Crippen LogP) is 3.36. The van der Waals surface area contributed by atoms with Crippen LogP contribution in [0, 0.1) is 5.92 Å². The van der Waals surface area contributed by atoms with Crippen LogP contribution in [0.25, 0.3) is 0 Å². The van der Waals surface area contributed by atoms with E-state index in [4.69, 9.17) is 0 Å². The molecule has 0 radical (unpaired) electrons. The van der Waals surface area contributed by atoms with Gasteiger partial charge >= 0.3 is 0 Å². The minimum absolute atomic E-state index is 0.193. The fourth-order valence-electron chi connectivity index (χ4n) is 2.13. The average Bonchev–Trinajstić information content (AvgIpc) is 2.35. The second-order valence-corrected chi connectivity index (χ2v) is 6.60. The molecular weight excluding hydrogens is 232 g/mol. The highest BCUT2D eigenvalue weighted by Crippen LogP contribution is 2.23. The Balaban J connectivity index is 2.57. The van der Waals surface area contributed by atoms with Gasteiger partial charge in [-0.25, -0.2) is 0 Å². The molecule has 0 aliphatic rings. The summed E-state index contributed by atoms with van der Waals surface area (Å²) in [5.41, 5.74) is 1.63. The summed E-state index contributed by atoms with van der Waals surface area (Å²) in [6.07, 6.45) is 0. The summed E-state index contributed by atoms with van der Waals surface area (Å²) in [5.74, 6) is 1.23. The second kappa shape index (κ2) is 7.06. The van der Waals surface area contributed by atoms with Gasteiger partial charge in [0.25, 0.3) is 0 Å². The van der Waals surface area contributed by atoms with Crippen LogP contribution in [0.5, 0.6) is 0 Å². The van der Waals surface area contributed by atoms with Crippen molar-refractivity contribution in [3.8, 4) is 0 Å². The predicted molar refractivity (Wildman–Crippen MR) is 84.7 cm³/mol. The third-order valence-electron chi connectivity index (χ3n) is 4.16. The summed E-state index contributed by atoms with van der Waals surface area (Å²) in [7, 11) is 4.28. The van der Waals surface area contributed by atoms with Gasteiger partial charge in [-0.15, -0.1) is 0 Å². The first-order chi connectivity index (χ1) is 8.84. The number of hydrogen-bond donors (Lipinski definition) is 1. The van der Waals surface area contributed by atoms with Crippen LogP contribution >= 0.6 is 0 Å². The Hall–Kier alpha value is -0.860. The molecule has 0 aliphatic carbocycles. The monoisotopic (exact) mass is 262 g/mol. The van der Waals surface area contributed by atoms with Crippen molar-refractivity contribution in [2.45, 2.75) is 39.2 Å². The molecule has 0 amide bonds. The van der Waals surface area contributed by atoms with Crippen molar-refractivity contribution in [3.05, 3.63) is 35.9 Å². The van der Waals surface area contributed by atoms with E-state index in [1.165, 1.54) is 5.56 Å². The number of rotatable bonds is 7. The lowest BCUT2D eigenvalue weighted by Gasteiger charge is -2.34. The first kappa shape index (κ1) is 16.2. The summed E-state index contributed by atoms with van der Waals surface area (Å²) >= 11 is 0. The van der Waals surface area contributed by atoms with Crippen molar-refractivity contribution < 1.29 is 0 Å². The molecule has 0 spiro atoms. The molecule has 1 aromatic rings. The first-order valence-corrected chi connectivity index (χ1v) is 7.27. The van der Waals surface area contributed by atoms with E-state index in [2.05, 4.69) is 82.3 Å². The zero-order chi connectivity index (χ0) is 14.5. The van der Waals surface area contributed by atoms with Gasteiger partial charge in [0.05, 0.1) is 0 Å². The van der Waals surface area contributed by atoms with Crippen LogP contribution in [0.4, 0.5) is 0 Å². The highest BCUT2D eigenvalue weighted by molar-refractivity contribution is 5.20. The van der Waals surface area contributed by atoms with Crippen LogP contribution in [-0.4, -0.2) is 37.6 Å². The van der Waals surface area contributed by atoms with Crippen LogP contribution in [0.1, 0.15) is 39.2 Å². The van der Waals surface area contributed by atoms with Gasteiger partial charge in [0.1, 0.15) is 0 Å². The third-order valence-corrected chi connectivity index (χ3v) is 4.16. The smallest absolute Gasteiger partial charge is 0.0271 e. The SMILES string of the molecule is CC(C)C(CNCC(C)(C)N(C)C)c1ccccc1. The number of nitrogens with one attached hydrogen (secondary N) is 1. The number of hydrogen-bond acceptors (Lipinski definition) is 2. The van der Waals surface area contributed by atoms with Crippen molar-refractivity contribution in [2.75, 3.05) is 27.2 Å². The quantitative estimate of drug-likeness (QED) is 0.810. The van der Waals surface area contributed by atoms with E-state index in [0.717, 1.165) is 13.1 Å². The Labute approximate surface area is 119 Å². The van der Waals surface area contributed by atoms with Crippen molar-refractivity contribution >= 4 is 0 Å². The molecular formula is C17H30N2. The van der Waals surface area contributed by atoms with E-state index in [1.807, 2.05) is 0 Å².